The zero-order valence-corrected chi connectivity index (χ0v) is 11.5. The number of aldehydes is 1. The first-order valence-corrected chi connectivity index (χ1v) is 5.86. The van der Waals surface area contributed by atoms with Crippen LogP contribution in [0.1, 0.15) is 33.6 Å². The average Bonchev–Trinajstić information content (AvgIpc) is 2.29. The molecule has 1 aliphatic rings. The minimum atomic E-state index is 0.111. The number of allylic oxidation sites excluding steroid dienone is 3. The number of hydrogen-bond acceptors (Lipinski definition) is 4. The summed E-state index contributed by atoms with van der Waals surface area (Å²) in [6.45, 7) is 6.40. The lowest BCUT2D eigenvalue weighted by Gasteiger charge is -2.34. The first-order valence-electron chi connectivity index (χ1n) is 5.48. The van der Waals surface area contributed by atoms with Crippen molar-refractivity contribution in [1.29, 1.82) is 0 Å². The van der Waals surface area contributed by atoms with Crippen LogP contribution in [0.3, 0.4) is 0 Å². The smallest absolute Gasteiger partial charge is 0.373 e. The fraction of sp³-hybridized carbons (Fsp3) is 0.538. The van der Waals surface area contributed by atoms with Gasteiger partial charge in [0.05, 0.1) is 11.3 Å². The second-order valence-corrected chi connectivity index (χ2v) is 5.54. The zero-order chi connectivity index (χ0) is 14.3. The molecule has 0 aromatic heterocycles. The third-order valence-corrected chi connectivity index (χ3v) is 3.50. The Labute approximate surface area is 111 Å². The van der Waals surface area contributed by atoms with Crippen LogP contribution in [0.4, 0.5) is 0 Å². The van der Waals surface area contributed by atoms with E-state index in [0.717, 1.165) is 19.0 Å². The maximum absolute atomic E-state index is 10.9. The van der Waals surface area contributed by atoms with Gasteiger partial charge in [-0.1, -0.05) is 32.4 Å². The summed E-state index contributed by atoms with van der Waals surface area (Å²) in [4.78, 5) is 27.1. The van der Waals surface area contributed by atoms with Crippen LogP contribution in [0.2, 0.25) is 0 Å². The lowest BCUT2D eigenvalue weighted by molar-refractivity contribution is -0.191. The molecule has 4 nitrogen and oxygen atoms in total. The topological polar surface area (TPSA) is 71.4 Å². The van der Waals surface area contributed by atoms with Crippen molar-refractivity contribution in [2.75, 3.05) is 0 Å². The molecule has 0 saturated heterocycles. The van der Waals surface area contributed by atoms with Crippen molar-refractivity contribution in [3.8, 4) is 0 Å². The summed E-state index contributed by atoms with van der Waals surface area (Å²) >= 11 is 5.98. The predicted molar refractivity (Wildman–Crippen MR) is 66.8 cm³/mol. The second-order valence-electron chi connectivity index (χ2n) is 5.17. The molecule has 1 N–H and O–H groups in total. The number of carbonyl (C=O) groups excluding carboxylic acids is 3. The molecule has 0 aliphatic heterocycles. The van der Waals surface area contributed by atoms with Crippen molar-refractivity contribution in [3.05, 3.63) is 22.4 Å². The SMILES string of the molecule is CC(C)(C)C1CC(C=O)=C(Cl)/C(=C/O)C1.O=C=O. The maximum atomic E-state index is 10.9. The zero-order valence-electron chi connectivity index (χ0n) is 10.7. The normalized spacial score (nSPS) is 22.0. The van der Waals surface area contributed by atoms with E-state index in [1.54, 1.807) is 0 Å². The maximum Gasteiger partial charge on any atom is 0.373 e. The van der Waals surface area contributed by atoms with Gasteiger partial charge in [-0.05, 0) is 24.2 Å². The summed E-state index contributed by atoms with van der Waals surface area (Å²) in [6.07, 6.45) is 3.49. The molecule has 0 aromatic rings. The molecule has 1 aliphatic carbocycles. The van der Waals surface area contributed by atoms with Gasteiger partial charge in [-0.15, -0.1) is 0 Å². The molecule has 0 spiro atoms. The van der Waals surface area contributed by atoms with E-state index in [1.165, 1.54) is 0 Å². The Morgan fingerprint density at radius 3 is 2.17 bits per heavy atom. The van der Waals surface area contributed by atoms with Crippen molar-refractivity contribution in [1.82, 2.24) is 0 Å². The van der Waals surface area contributed by atoms with E-state index in [0.29, 0.717) is 28.5 Å². The van der Waals surface area contributed by atoms with Gasteiger partial charge in [0.15, 0.2) is 0 Å². The lowest BCUT2D eigenvalue weighted by Crippen LogP contribution is -2.25. The first-order chi connectivity index (χ1) is 8.31. The summed E-state index contributed by atoms with van der Waals surface area (Å²) in [5.74, 6) is 0.346. The van der Waals surface area contributed by atoms with Crippen molar-refractivity contribution in [2.45, 2.75) is 33.6 Å². The molecule has 1 rings (SSSR count). The van der Waals surface area contributed by atoms with Gasteiger partial charge in [0, 0.05) is 11.1 Å². The van der Waals surface area contributed by atoms with Crippen molar-refractivity contribution < 1.29 is 19.5 Å². The van der Waals surface area contributed by atoms with Gasteiger partial charge in [0.25, 0.3) is 0 Å². The molecule has 1 atom stereocenters. The molecule has 0 amide bonds. The summed E-state index contributed by atoms with van der Waals surface area (Å²) in [5, 5.41) is 9.49. The molecule has 1 unspecified atom stereocenters. The van der Waals surface area contributed by atoms with E-state index in [9.17, 15) is 4.79 Å². The van der Waals surface area contributed by atoms with Crippen LogP contribution in [0.25, 0.3) is 0 Å². The minimum absolute atomic E-state index is 0.111. The lowest BCUT2D eigenvalue weighted by atomic mass is 9.71. The highest BCUT2D eigenvalue weighted by Crippen LogP contribution is 2.43. The molecule has 0 aromatic carbocycles. The van der Waals surface area contributed by atoms with Gasteiger partial charge < -0.3 is 5.11 Å². The molecule has 0 radical (unpaired) electrons. The largest absolute Gasteiger partial charge is 0.515 e. The Morgan fingerprint density at radius 2 is 1.83 bits per heavy atom. The fourth-order valence-corrected chi connectivity index (χ4v) is 2.06. The highest BCUT2D eigenvalue weighted by Gasteiger charge is 2.31. The van der Waals surface area contributed by atoms with Gasteiger partial charge in [-0.3, -0.25) is 4.79 Å². The van der Waals surface area contributed by atoms with Gasteiger partial charge in [-0.25, -0.2) is 0 Å². The Hall–Kier alpha value is -1.38. The second kappa shape index (κ2) is 7.14. The predicted octanol–water partition coefficient (Wildman–Crippen LogP) is 2.99. The van der Waals surface area contributed by atoms with E-state index < -0.39 is 0 Å². The standard InChI is InChI=1S/C12H17ClO2.CO2/c1-12(2,3)10-4-8(6-14)11(13)9(5-10)7-15;2-1-3/h6-7,10,14H,4-5H2,1-3H3;/b8-6+;. The molecule has 18 heavy (non-hydrogen) atoms. The van der Waals surface area contributed by atoms with E-state index in [4.69, 9.17) is 26.3 Å². The fourth-order valence-electron chi connectivity index (χ4n) is 1.81. The molecule has 5 heteroatoms. The minimum Gasteiger partial charge on any atom is -0.515 e. The molecule has 0 heterocycles. The molecular weight excluding hydrogens is 256 g/mol. The summed E-state index contributed by atoms with van der Waals surface area (Å²) < 4.78 is 0. The van der Waals surface area contributed by atoms with E-state index in [-0.39, 0.29) is 11.6 Å². The Morgan fingerprint density at radius 1 is 1.33 bits per heavy atom. The molecule has 100 valence electrons. The third-order valence-electron chi connectivity index (χ3n) is 3.02. The van der Waals surface area contributed by atoms with Crippen molar-refractivity contribution in [2.24, 2.45) is 11.3 Å². The third kappa shape index (κ3) is 4.47. The van der Waals surface area contributed by atoms with Gasteiger partial charge in [0.1, 0.15) is 6.29 Å². The highest BCUT2D eigenvalue weighted by molar-refractivity contribution is 6.33. The van der Waals surface area contributed by atoms with Crippen LogP contribution in [-0.2, 0) is 14.4 Å². The Bertz CT molecular complexity index is 396. The first kappa shape index (κ1) is 16.6. The van der Waals surface area contributed by atoms with Crippen LogP contribution >= 0.6 is 11.6 Å². The molecular formula is C13H17ClO4. The average molecular weight is 273 g/mol. The van der Waals surface area contributed by atoms with Crippen LogP contribution in [0.15, 0.2) is 22.4 Å². The monoisotopic (exact) mass is 272 g/mol. The Balaban J connectivity index is 0.000000873. The quantitative estimate of drug-likeness (QED) is 0.588. The molecule has 0 fully saturated rings. The van der Waals surface area contributed by atoms with Gasteiger partial charge in [0.2, 0.25) is 0 Å². The molecule has 0 saturated carbocycles. The van der Waals surface area contributed by atoms with Crippen LogP contribution in [-0.4, -0.2) is 17.5 Å². The highest BCUT2D eigenvalue weighted by atomic mass is 35.5. The van der Waals surface area contributed by atoms with E-state index in [2.05, 4.69) is 20.8 Å². The van der Waals surface area contributed by atoms with Crippen molar-refractivity contribution >= 4 is 24.0 Å². The van der Waals surface area contributed by atoms with Crippen LogP contribution < -0.4 is 0 Å². The van der Waals surface area contributed by atoms with E-state index >= 15 is 0 Å². The Kier molecular flexibility index (Phi) is 6.60. The number of hydrogen-bond donors (Lipinski definition) is 1. The van der Waals surface area contributed by atoms with Gasteiger partial charge >= 0.3 is 6.15 Å². The number of aliphatic hydroxyl groups excluding tert-OH is 1. The summed E-state index contributed by atoms with van der Waals surface area (Å²) in [7, 11) is 0. The van der Waals surface area contributed by atoms with Crippen LogP contribution in [0, 0.1) is 11.3 Å². The molecule has 0 bridgehead atoms. The van der Waals surface area contributed by atoms with Gasteiger partial charge in [-0.2, -0.15) is 9.59 Å². The number of halogens is 1. The summed E-state index contributed by atoms with van der Waals surface area (Å²) in [5.41, 5.74) is 1.38. The number of rotatable bonds is 1. The summed E-state index contributed by atoms with van der Waals surface area (Å²) in [6, 6.07) is 0. The number of carbonyl (C=O) groups is 1. The van der Waals surface area contributed by atoms with Crippen LogP contribution in [0.5, 0.6) is 0 Å². The van der Waals surface area contributed by atoms with Crippen molar-refractivity contribution in [3.63, 3.8) is 0 Å². The van der Waals surface area contributed by atoms with E-state index in [1.807, 2.05) is 0 Å². The number of aliphatic hydroxyl groups is 1.